The van der Waals surface area contributed by atoms with E-state index in [0.29, 0.717) is 5.03 Å². The molecular weight excluding hydrogens is 151 g/mol. The topological polar surface area (TPSA) is 0 Å². The molecule has 0 aliphatic rings. The zero-order valence-corrected chi connectivity index (χ0v) is 6.82. The SMILES string of the molecule is C\C=C(Cl)/C=C\C=C(/C)F. The molecule has 0 aromatic heterocycles. The summed E-state index contributed by atoms with van der Waals surface area (Å²) in [6.45, 7) is 3.20. The second-order valence-corrected chi connectivity index (χ2v) is 2.22. The van der Waals surface area contributed by atoms with Gasteiger partial charge in [0.15, 0.2) is 0 Å². The lowest BCUT2D eigenvalue weighted by Crippen LogP contribution is -1.60. The minimum Gasteiger partial charge on any atom is -0.212 e. The van der Waals surface area contributed by atoms with E-state index in [0.717, 1.165) is 0 Å². The average Bonchev–Trinajstić information content (AvgIpc) is 1.87. The molecule has 0 aromatic rings. The predicted octanol–water partition coefficient (Wildman–Crippen LogP) is 3.56. The van der Waals surface area contributed by atoms with Gasteiger partial charge in [0.1, 0.15) is 0 Å². The maximum Gasteiger partial charge on any atom is 0.0968 e. The fraction of sp³-hybridized carbons (Fsp3) is 0.250. The molecule has 0 heterocycles. The van der Waals surface area contributed by atoms with E-state index in [4.69, 9.17) is 11.6 Å². The Balaban J connectivity index is 3.90. The molecule has 0 unspecified atom stereocenters. The monoisotopic (exact) mass is 160 g/mol. The number of halogens is 2. The van der Waals surface area contributed by atoms with E-state index in [-0.39, 0.29) is 5.83 Å². The van der Waals surface area contributed by atoms with E-state index < -0.39 is 0 Å². The van der Waals surface area contributed by atoms with Gasteiger partial charge in [-0.05, 0) is 26.0 Å². The number of hydrogen-bond acceptors (Lipinski definition) is 0. The molecule has 0 nitrogen and oxygen atoms in total. The van der Waals surface area contributed by atoms with E-state index in [9.17, 15) is 4.39 Å². The molecular formula is C8H10ClF. The van der Waals surface area contributed by atoms with Crippen molar-refractivity contribution >= 4 is 11.6 Å². The fourth-order valence-electron chi connectivity index (χ4n) is 0.369. The van der Waals surface area contributed by atoms with Gasteiger partial charge in [-0.1, -0.05) is 23.8 Å². The molecule has 0 aromatic carbocycles. The molecule has 2 heteroatoms. The second kappa shape index (κ2) is 5.24. The van der Waals surface area contributed by atoms with Gasteiger partial charge in [-0.2, -0.15) is 0 Å². The Hall–Kier alpha value is -0.560. The van der Waals surface area contributed by atoms with Crippen LogP contribution < -0.4 is 0 Å². The Bertz CT molecular complexity index is 174. The molecule has 0 spiro atoms. The first-order valence-corrected chi connectivity index (χ1v) is 3.37. The largest absolute Gasteiger partial charge is 0.212 e. The van der Waals surface area contributed by atoms with Gasteiger partial charge in [0.2, 0.25) is 0 Å². The number of rotatable bonds is 2. The van der Waals surface area contributed by atoms with Crippen LogP contribution >= 0.6 is 11.6 Å². The Morgan fingerprint density at radius 3 is 2.50 bits per heavy atom. The van der Waals surface area contributed by atoms with Crippen LogP contribution in [0.2, 0.25) is 0 Å². The smallest absolute Gasteiger partial charge is 0.0968 e. The fourth-order valence-corrected chi connectivity index (χ4v) is 0.442. The molecule has 0 saturated carbocycles. The highest BCUT2D eigenvalue weighted by Gasteiger charge is 1.78. The van der Waals surface area contributed by atoms with E-state index in [1.807, 2.05) is 6.92 Å². The maximum atomic E-state index is 12.0. The van der Waals surface area contributed by atoms with Crippen LogP contribution in [0.25, 0.3) is 0 Å². The van der Waals surface area contributed by atoms with Crippen LogP contribution in [0.4, 0.5) is 4.39 Å². The van der Waals surface area contributed by atoms with Crippen molar-refractivity contribution in [3.63, 3.8) is 0 Å². The number of hydrogen-bond donors (Lipinski definition) is 0. The first-order valence-electron chi connectivity index (χ1n) is 2.99. The Morgan fingerprint density at radius 2 is 2.10 bits per heavy atom. The Labute approximate surface area is 65.7 Å². The van der Waals surface area contributed by atoms with Crippen molar-refractivity contribution in [2.24, 2.45) is 0 Å². The van der Waals surface area contributed by atoms with Gasteiger partial charge in [-0.25, -0.2) is 4.39 Å². The van der Waals surface area contributed by atoms with E-state index in [1.54, 1.807) is 18.2 Å². The lowest BCUT2D eigenvalue weighted by Gasteiger charge is -1.81. The summed E-state index contributed by atoms with van der Waals surface area (Å²) in [7, 11) is 0. The van der Waals surface area contributed by atoms with Gasteiger partial charge in [0.05, 0.1) is 5.83 Å². The van der Waals surface area contributed by atoms with Gasteiger partial charge in [0.25, 0.3) is 0 Å². The molecule has 56 valence electrons. The molecule has 0 N–H and O–H groups in total. The summed E-state index contributed by atoms with van der Waals surface area (Å²) < 4.78 is 12.0. The normalized spacial score (nSPS) is 14.8. The Kier molecular flexibility index (Phi) is 4.95. The third-order valence-electron chi connectivity index (χ3n) is 0.857. The summed E-state index contributed by atoms with van der Waals surface area (Å²) in [4.78, 5) is 0. The first kappa shape index (κ1) is 9.44. The minimum atomic E-state index is -0.225. The lowest BCUT2D eigenvalue weighted by molar-refractivity contribution is 0.640. The van der Waals surface area contributed by atoms with Crippen molar-refractivity contribution in [3.05, 3.63) is 35.2 Å². The minimum absolute atomic E-state index is 0.225. The highest BCUT2D eigenvalue weighted by molar-refractivity contribution is 6.31. The van der Waals surface area contributed by atoms with Crippen LogP contribution in [0.5, 0.6) is 0 Å². The molecule has 0 aliphatic carbocycles. The summed E-state index contributed by atoms with van der Waals surface area (Å²) >= 11 is 5.57. The van der Waals surface area contributed by atoms with Crippen LogP contribution in [0.1, 0.15) is 13.8 Å². The van der Waals surface area contributed by atoms with Crippen LogP contribution in [0, 0.1) is 0 Å². The third-order valence-corrected chi connectivity index (χ3v) is 1.20. The summed E-state index contributed by atoms with van der Waals surface area (Å²) in [5.74, 6) is -0.225. The quantitative estimate of drug-likeness (QED) is 0.542. The van der Waals surface area contributed by atoms with Crippen LogP contribution in [0.3, 0.4) is 0 Å². The van der Waals surface area contributed by atoms with Crippen molar-refractivity contribution in [1.29, 1.82) is 0 Å². The molecule has 0 rings (SSSR count). The molecule has 0 radical (unpaired) electrons. The summed E-state index contributed by atoms with van der Waals surface area (Å²) in [5.41, 5.74) is 0. The highest BCUT2D eigenvalue weighted by atomic mass is 35.5. The van der Waals surface area contributed by atoms with Crippen molar-refractivity contribution in [2.75, 3.05) is 0 Å². The molecule has 0 atom stereocenters. The van der Waals surface area contributed by atoms with Crippen LogP contribution in [0.15, 0.2) is 35.2 Å². The van der Waals surface area contributed by atoms with Crippen LogP contribution in [-0.2, 0) is 0 Å². The lowest BCUT2D eigenvalue weighted by atomic mass is 10.4. The molecule has 0 bridgehead atoms. The summed E-state index contributed by atoms with van der Waals surface area (Å²) in [6, 6.07) is 0. The molecule has 10 heavy (non-hydrogen) atoms. The van der Waals surface area contributed by atoms with E-state index in [2.05, 4.69) is 0 Å². The van der Waals surface area contributed by atoms with E-state index in [1.165, 1.54) is 13.0 Å². The first-order chi connectivity index (χ1) is 4.66. The van der Waals surface area contributed by atoms with E-state index >= 15 is 0 Å². The Morgan fingerprint density at radius 1 is 1.50 bits per heavy atom. The second-order valence-electron chi connectivity index (χ2n) is 1.79. The zero-order chi connectivity index (χ0) is 7.98. The molecule has 0 amide bonds. The summed E-state index contributed by atoms with van der Waals surface area (Å²) in [6.07, 6.45) is 6.29. The maximum absolute atomic E-state index is 12.0. The van der Waals surface area contributed by atoms with Crippen LogP contribution in [-0.4, -0.2) is 0 Å². The predicted molar refractivity (Wildman–Crippen MR) is 43.6 cm³/mol. The number of allylic oxidation sites excluding steroid dienone is 6. The van der Waals surface area contributed by atoms with Gasteiger partial charge in [-0.15, -0.1) is 0 Å². The van der Waals surface area contributed by atoms with Gasteiger partial charge >= 0.3 is 0 Å². The zero-order valence-electron chi connectivity index (χ0n) is 6.07. The van der Waals surface area contributed by atoms with Gasteiger partial charge in [-0.3, -0.25) is 0 Å². The van der Waals surface area contributed by atoms with Crippen molar-refractivity contribution < 1.29 is 4.39 Å². The van der Waals surface area contributed by atoms with Gasteiger partial charge < -0.3 is 0 Å². The van der Waals surface area contributed by atoms with Gasteiger partial charge in [0, 0.05) is 5.03 Å². The molecule has 0 fully saturated rings. The molecule has 0 aliphatic heterocycles. The standard InChI is InChI=1S/C8H10ClF/c1-3-8(9)6-4-5-7(2)10/h3-6H,1-2H3/b6-4-,7-5+,8-3+. The van der Waals surface area contributed by atoms with Crippen molar-refractivity contribution in [1.82, 2.24) is 0 Å². The highest BCUT2D eigenvalue weighted by Crippen LogP contribution is 2.02. The average molecular weight is 161 g/mol. The van der Waals surface area contributed by atoms with Crippen molar-refractivity contribution in [3.8, 4) is 0 Å². The summed E-state index contributed by atoms with van der Waals surface area (Å²) in [5, 5.41) is 0.609. The van der Waals surface area contributed by atoms with Crippen molar-refractivity contribution in [2.45, 2.75) is 13.8 Å². The third kappa shape index (κ3) is 5.57. The molecule has 0 saturated heterocycles.